The molecule has 1 saturated carbocycles. The van der Waals surface area contributed by atoms with Crippen molar-refractivity contribution in [2.75, 3.05) is 0 Å². The molecule has 80 valence electrons. The van der Waals surface area contributed by atoms with Gasteiger partial charge in [0.25, 0.3) is 0 Å². The summed E-state index contributed by atoms with van der Waals surface area (Å²) in [6.07, 6.45) is -5.79. The molecule has 14 heavy (non-hydrogen) atoms. The summed E-state index contributed by atoms with van der Waals surface area (Å²) in [5, 5.41) is 9.86. The SMILES string of the molecule is O=C(O)CC(=O)NC1(C(F)(F)F)CC1. The Morgan fingerprint density at radius 3 is 2.14 bits per heavy atom. The molecular formula is C7H8F3NO3. The molecule has 1 aliphatic carbocycles. The van der Waals surface area contributed by atoms with Crippen LogP contribution in [0.5, 0.6) is 0 Å². The van der Waals surface area contributed by atoms with Gasteiger partial charge in [-0.3, -0.25) is 9.59 Å². The molecule has 0 bridgehead atoms. The Kier molecular flexibility index (Phi) is 2.43. The highest BCUT2D eigenvalue weighted by Crippen LogP contribution is 2.48. The van der Waals surface area contributed by atoms with E-state index in [0.29, 0.717) is 0 Å². The number of nitrogens with one attached hydrogen (secondary N) is 1. The predicted octanol–water partition coefficient (Wildman–Crippen LogP) is 0.672. The summed E-state index contributed by atoms with van der Waals surface area (Å²) in [6.45, 7) is 0. The predicted molar refractivity (Wildman–Crippen MR) is 38.4 cm³/mol. The summed E-state index contributed by atoms with van der Waals surface area (Å²) in [4.78, 5) is 20.8. The molecule has 4 nitrogen and oxygen atoms in total. The number of hydrogen-bond acceptors (Lipinski definition) is 2. The van der Waals surface area contributed by atoms with E-state index in [9.17, 15) is 22.8 Å². The summed E-state index contributed by atoms with van der Waals surface area (Å²) < 4.78 is 36.7. The summed E-state index contributed by atoms with van der Waals surface area (Å²) in [6, 6.07) is 0. The summed E-state index contributed by atoms with van der Waals surface area (Å²) in [7, 11) is 0. The van der Waals surface area contributed by atoms with Crippen molar-refractivity contribution in [1.29, 1.82) is 0 Å². The van der Waals surface area contributed by atoms with Crippen LogP contribution in [0.4, 0.5) is 13.2 Å². The van der Waals surface area contributed by atoms with Gasteiger partial charge in [0, 0.05) is 0 Å². The maximum atomic E-state index is 12.2. The van der Waals surface area contributed by atoms with Crippen LogP contribution in [0, 0.1) is 0 Å². The van der Waals surface area contributed by atoms with E-state index >= 15 is 0 Å². The van der Waals surface area contributed by atoms with Crippen molar-refractivity contribution in [3.63, 3.8) is 0 Å². The third kappa shape index (κ3) is 2.15. The van der Waals surface area contributed by atoms with Gasteiger partial charge in [-0.15, -0.1) is 0 Å². The zero-order chi connectivity index (χ0) is 11.0. The van der Waals surface area contributed by atoms with Gasteiger partial charge in [-0.05, 0) is 12.8 Å². The fourth-order valence-electron chi connectivity index (χ4n) is 1.05. The zero-order valence-corrected chi connectivity index (χ0v) is 7.02. The highest BCUT2D eigenvalue weighted by molar-refractivity contribution is 5.93. The number of hydrogen-bond donors (Lipinski definition) is 2. The van der Waals surface area contributed by atoms with Gasteiger partial charge in [0.15, 0.2) is 0 Å². The van der Waals surface area contributed by atoms with Gasteiger partial charge in [-0.25, -0.2) is 0 Å². The van der Waals surface area contributed by atoms with E-state index in [4.69, 9.17) is 5.11 Å². The monoisotopic (exact) mass is 211 g/mol. The first-order valence-corrected chi connectivity index (χ1v) is 3.86. The topological polar surface area (TPSA) is 66.4 Å². The maximum absolute atomic E-state index is 12.2. The molecule has 1 aliphatic rings. The molecule has 0 aromatic heterocycles. The van der Waals surface area contributed by atoms with Crippen LogP contribution in [-0.2, 0) is 9.59 Å². The van der Waals surface area contributed by atoms with Gasteiger partial charge in [0.1, 0.15) is 12.0 Å². The van der Waals surface area contributed by atoms with Crippen LogP contribution in [0.1, 0.15) is 19.3 Å². The van der Waals surface area contributed by atoms with Gasteiger partial charge in [0.05, 0.1) is 0 Å². The molecule has 0 radical (unpaired) electrons. The molecule has 0 unspecified atom stereocenters. The lowest BCUT2D eigenvalue weighted by Gasteiger charge is -2.20. The highest BCUT2D eigenvalue weighted by Gasteiger charge is 2.64. The first-order valence-electron chi connectivity index (χ1n) is 3.86. The van der Waals surface area contributed by atoms with E-state index in [-0.39, 0.29) is 12.8 Å². The van der Waals surface area contributed by atoms with Crippen LogP contribution in [0.2, 0.25) is 0 Å². The molecule has 0 heterocycles. The fraction of sp³-hybridized carbons (Fsp3) is 0.714. The van der Waals surface area contributed by atoms with Crippen molar-refractivity contribution in [3.05, 3.63) is 0 Å². The lowest BCUT2D eigenvalue weighted by atomic mass is 10.2. The van der Waals surface area contributed by atoms with Crippen LogP contribution in [-0.4, -0.2) is 28.7 Å². The van der Waals surface area contributed by atoms with Gasteiger partial charge in [-0.1, -0.05) is 0 Å². The molecule has 0 aromatic carbocycles. The third-order valence-corrected chi connectivity index (χ3v) is 1.98. The molecule has 1 fully saturated rings. The second-order valence-electron chi connectivity index (χ2n) is 3.20. The van der Waals surface area contributed by atoms with Gasteiger partial charge >= 0.3 is 12.1 Å². The smallest absolute Gasteiger partial charge is 0.411 e. The Bertz CT molecular complexity index is 270. The van der Waals surface area contributed by atoms with Crippen molar-refractivity contribution in [2.45, 2.75) is 31.0 Å². The normalized spacial score (nSPS) is 18.8. The third-order valence-electron chi connectivity index (χ3n) is 1.98. The number of carboxylic acid groups (broad SMARTS) is 1. The van der Waals surface area contributed by atoms with Crippen molar-refractivity contribution in [2.24, 2.45) is 0 Å². The van der Waals surface area contributed by atoms with Crippen LogP contribution >= 0.6 is 0 Å². The van der Waals surface area contributed by atoms with Gasteiger partial charge < -0.3 is 10.4 Å². The molecule has 1 rings (SSSR count). The lowest BCUT2D eigenvalue weighted by molar-refractivity contribution is -0.171. The number of carboxylic acids is 1. The summed E-state index contributed by atoms with van der Waals surface area (Å²) in [5.74, 6) is -2.55. The van der Waals surface area contributed by atoms with E-state index in [2.05, 4.69) is 0 Å². The fourth-order valence-corrected chi connectivity index (χ4v) is 1.05. The number of halogens is 3. The Hall–Kier alpha value is -1.27. The number of aliphatic carboxylic acids is 1. The Labute approximate surface area is 77.1 Å². The number of carbonyl (C=O) groups is 2. The molecule has 0 aromatic rings. The van der Waals surface area contributed by atoms with Gasteiger partial charge in [0.2, 0.25) is 5.91 Å². The Morgan fingerprint density at radius 1 is 1.36 bits per heavy atom. The minimum absolute atomic E-state index is 0.179. The highest BCUT2D eigenvalue weighted by atomic mass is 19.4. The van der Waals surface area contributed by atoms with Crippen molar-refractivity contribution < 1.29 is 27.9 Å². The van der Waals surface area contributed by atoms with E-state index in [0.717, 1.165) is 0 Å². The zero-order valence-electron chi connectivity index (χ0n) is 7.02. The second kappa shape index (κ2) is 3.14. The molecule has 7 heteroatoms. The number of amides is 1. The van der Waals surface area contributed by atoms with Crippen LogP contribution < -0.4 is 5.32 Å². The molecule has 1 amide bonds. The second-order valence-corrected chi connectivity index (χ2v) is 3.20. The van der Waals surface area contributed by atoms with Crippen molar-refractivity contribution in [1.82, 2.24) is 5.32 Å². The number of carbonyl (C=O) groups excluding carboxylic acids is 1. The minimum Gasteiger partial charge on any atom is -0.481 e. The molecule has 0 atom stereocenters. The molecule has 2 N–H and O–H groups in total. The average molecular weight is 211 g/mol. The molecular weight excluding hydrogens is 203 g/mol. The van der Waals surface area contributed by atoms with Gasteiger partial charge in [-0.2, -0.15) is 13.2 Å². The first-order chi connectivity index (χ1) is 6.27. The van der Waals surface area contributed by atoms with E-state index in [1.54, 1.807) is 5.32 Å². The lowest BCUT2D eigenvalue weighted by Crippen LogP contribution is -2.48. The quantitative estimate of drug-likeness (QED) is 0.674. The maximum Gasteiger partial charge on any atom is 0.411 e. The number of alkyl halides is 3. The van der Waals surface area contributed by atoms with Crippen LogP contribution in [0.15, 0.2) is 0 Å². The molecule has 0 spiro atoms. The number of rotatable bonds is 3. The standard InChI is InChI=1S/C7H8F3NO3/c8-7(9,10)6(1-2-6)11-4(12)3-5(13)14/h1-3H2,(H,11,12)(H,13,14). The van der Waals surface area contributed by atoms with Crippen LogP contribution in [0.3, 0.4) is 0 Å². The Morgan fingerprint density at radius 2 is 1.86 bits per heavy atom. The van der Waals surface area contributed by atoms with Crippen molar-refractivity contribution >= 4 is 11.9 Å². The average Bonchev–Trinajstić information content (AvgIpc) is 2.64. The van der Waals surface area contributed by atoms with E-state index < -0.39 is 30.0 Å². The van der Waals surface area contributed by atoms with E-state index in [1.165, 1.54) is 0 Å². The van der Waals surface area contributed by atoms with Crippen molar-refractivity contribution in [3.8, 4) is 0 Å². The van der Waals surface area contributed by atoms with Crippen LogP contribution in [0.25, 0.3) is 0 Å². The largest absolute Gasteiger partial charge is 0.481 e. The molecule has 0 aliphatic heterocycles. The first kappa shape index (κ1) is 10.8. The Balaban J connectivity index is 2.53. The minimum atomic E-state index is -4.50. The molecule has 0 saturated heterocycles. The van der Waals surface area contributed by atoms with E-state index in [1.807, 2.05) is 0 Å². The summed E-state index contributed by atoms with van der Waals surface area (Å²) in [5.41, 5.74) is -2.17. The summed E-state index contributed by atoms with van der Waals surface area (Å²) >= 11 is 0.